The molecular formula is C32H30FN5O. The molecule has 0 amide bonds. The lowest BCUT2D eigenvalue weighted by atomic mass is 9.95. The molecule has 2 aliphatic heterocycles. The molecule has 3 aliphatic rings. The summed E-state index contributed by atoms with van der Waals surface area (Å²) in [6.07, 6.45) is 9.50. The Morgan fingerprint density at radius 3 is 2.72 bits per heavy atom. The van der Waals surface area contributed by atoms with Crippen LogP contribution in [0.1, 0.15) is 42.0 Å². The van der Waals surface area contributed by atoms with Gasteiger partial charge in [-0.3, -0.25) is 0 Å². The zero-order valence-electron chi connectivity index (χ0n) is 22.0. The van der Waals surface area contributed by atoms with Gasteiger partial charge in [0.15, 0.2) is 17.2 Å². The van der Waals surface area contributed by atoms with E-state index in [0.717, 1.165) is 48.2 Å². The fourth-order valence-corrected chi connectivity index (χ4v) is 5.71. The van der Waals surface area contributed by atoms with Gasteiger partial charge in [-0.1, -0.05) is 36.9 Å². The maximum Gasteiger partial charge on any atom is 0.174 e. The van der Waals surface area contributed by atoms with Crippen molar-refractivity contribution in [1.82, 2.24) is 20.2 Å². The highest BCUT2D eigenvalue weighted by Gasteiger charge is 2.45. The third-order valence-corrected chi connectivity index (χ3v) is 7.80. The number of fused-ring (bicyclic) bond motifs is 2. The smallest absolute Gasteiger partial charge is 0.174 e. The lowest BCUT2D eigenvalue weighted by Gasteiger charge is -2.35. The van der Waals surface area contributed by atoms with Crippen LogP contribution < -0.4 is 10.1 Å². The van der Waals surface area contributed by atoms with Crippen LogP contribution in [0.2, 0.25) is 0 Å². The number of aromatic nitrogens is 2. The molecule has 6 nitrogen and oxygen atoms in total. The van der Waals surface area contributed by atoms with E-state index in [9.17, 15) is 5.26 Å². The number of alkyl halides is 1. The van der Waals surface area contributed by atoms with Crippen molar-refractivity contribution in [3.63, 3.8) is 0 Å². The first kappa shape index (κ1) is 25.0. The fraction of sp³-hybridized carbons (Fsp3) is 0.281. The Balaban J connectivity index is 1.22. The van der Waals surface area contributed by atoms with Gasteiger partial charge in [-0.2, -0.15) is 5.26 Å². The molecule has 0 bridgehead atoms. The summed E-state index contributed by atoms with van der Waals surface area (Å²) >= 11 is 0. The minimum Gasteiger partial charge on any atom is -0.490 e. The molecule has 2 aromatic carbocycles. The van der Waals surface area contributed by atoms with Crippen LogP contribution in [0.4, 0.5) is 4.39 Å². The lowest BCUT2D eigenvalue weighted by molar-refractivity contribution is 0.193. The van der Waals surface area contributed by atoms with Crippen LogP contribution >= 0.6 is 0 Å². The first-order chi connectivity index (χ1) is 18.9. The van der Waals surface area contributed by atoms with E-state index >= 15 is 4.39 Å². The number of benzene rings is 2. The van der Waals surface area contributed by atoms with Gasteiger partial charge in [-0.25, -0.2) is 14.4 Å². The quantitative estimate of drug-likeness (QED) is 0.438. The predicted octanol–water partition coefficient (Wildman–Crippen LogP) is 5.89. The normalized spacial score (nSPS) is 20.5. The molecule has 196 valence electrons. The van der Waals surface area contributed by atoms with Gasteiger partial charge >= 0.3 is 0 Å². The number of allylic oxidation sites excluding steroid dienone is 4. The summed E-state index contributed by atoms with van der Waals surface area (Å²) in [4.78, 5) is 11.0. The van der Waals surface area contributed by atoms with E-state index in [-0.39, 0.29) is 0 Å². The van der Waals surface area contributed by atoms with Gasteiger partial charge in [-0.15, -0.1) is 0 Å². The largest absolute Gasteiger partial charge is 0.490 e. The molecule has 1 aliphatic carbocycles. The molecule has 7 heteroatoms. The molecule has 1 aromatic heterocycles. The van der Waals surface area contributed by atoms with Crippen LogP contribution in [0.5, 0.6) is 5.75 Å². The number of halogens is 1. The van der Waals surface area contributed by atoms with Crippen molar-refractivity contribution in [1.29, 1.82) is 5.26 Å². The van der Waals surface area contributed by atoms with E-state index in [1.54, 1.807) is 37.5 Å². The van der Waals surface area contributed by atoms with E-state index in [1.807, 2.05) is 41.3 Å². The first-order valence-electron chi connectivity index (χ1n) is 13.3. The van der Waals surface area contributed by atoms with Gasteiger partial charge in [0, 0.05) is 28.9 Å². The molecule has 6 rings (SSSR count). The summed E-state index contributed by atoms with van der Waals surface area (Å²) in [6.45, 7) is 8.98. The first-order valence-corrected chi connectivity index (χ1v) is 13.3. The van der Waals surface area contributed by atoms with Gasteiger partial charge < -0.3 is 15.0 Å². The van der Waals surface area contributed by atoms with Gasteiger partial charge in [-0.05, 0) is 74.2 Å². The molecule has 1 unspecified atom stereocenters. The van der Waals surface area contributed by atoms with Crippen molar-refractivity contribution in [2.24, 2.45) is 5.92 Å². The van der Waals surface area contributed by atoms with E-state index in [1.165, 1.54) is 0 Å². The van der Waals surface area contributed by atoms with Crippen LogP contribution in [-0.4, -0.2) is 34.6 Å². The average molecular weight is 520 g/mol. The highest BCUT2D eigenvalue weighted by molar-refractivity contribution is 5.87. The number of piperidine rings is 1. The molecule has 1 N–H and O–H groups in total. The highest BCUT2D eigenvalue weighted by Crippen LogP contribution is 2.52. The molecule has 1 saturated heterocycles. The highest BCUT2D eigenvalue weighted by atomic mass is 19.1. The molecule has 1 fully saturated rings. The van der Waals surface area contributed by atoms with E-state index < -0.39 is 5.67 Å². The molecule has 3 aromatic rings. The second-order valence-electron chi connectivity index (χ2n) is 10.5. The topological polar surface area (TPSA) is 74.1 Å². The molecule has 0 radical (unpaired) electrons. The SMILES string of the molecule is C=C1C=CC2=C(N1Cc1cccc(-c3ncc(OCC4CCNCC4)cn3)c1)C(C)(F)c1ccc(C#N)cc12. The van der Waals surface area contributed by atoms with Crippen LogP contribution in [0.3, 0.4) is 0 Å². The maximum absolute atomic E-state index is 16.4. The van der Waals surface area contributed by atoms with Crippen LogP contribution in [0.15, 0.2) is 85.0 Å². The number of rotatable bonds is 6. The molecule has 0 saturated carbocycles. The van der Waals surface area contributed by atoms with E-state index in [0.29, 0.717) is 53.2 Å². The zero-order chi connectivity index (χ0) is 27.0. The Kier molecular flexibility index (Phi) is 6.49. The van der Waals surface area contributed by atoms with Crippen molar-refractivity contribution in [2.75, 3.05) is 19.7 Å². The minimum absolute atomic E-state index is 0.436. The lowest BCUT2D eigenvalue weighted by Crippen LogP contribution is -2.31. The third kappa shape index (κ3) is 4.73. The van der Waals surface area contributed by atoms with Gasteiger partial charge in [0.1, 0.15) is 0 Å². The Morgan fingerprint density at radius 2 is 1.95 bits per heavy atom. The van der Waals surface area contributed by atoms with Crippen molar-refractivity contribution in [3.05, 3.63) is 107 Å². The molecule has 3 heterocycles. The Morgan fingerprint density at radius 1 is 1.15 bits per heavy atom. The van der Waals surface area contributed by atoms with Gasteiger partial charge in [0.05, 0.1) is 36.3 Å². The van der Waals surface area contributed by atoms with E-state index in [2.05, 4.69) is 27.9 Å². The molecule has 39 heavy (non-hydrogen) atoms. The molecule has 1 atom stereocenters. The Hall–Kier alpha value is -4.28. The number of ether oxygens (including phenoxy) is 1. The summed E-state index contributed by atoms with van der Waals surface area (Å²) in [6, 6.07) is 15.3. The summed E-state index contributed by atoms with van der Waals surface area (Å²) in [5, 5.41) is 12.7. The zero-order valence-corrected chi connectivity index (χ0v) is 22.0. The minimum atomic E-state index is -1.71. The third-order valence-electron chi connectivity index (χ3n) is 7.80. The summed E-state index contributed by atoms with van der Waals surface area (Å²) in [5.74, 6) is 1.84. The second kappa shape index (κ2) is 10.1. The van der Waals surface area contributed by atoms with Gasteiger partial charge in [0.2, 0.25) is 0 Å². The predicted molar refractivity (Wildman–Crippen MR) is 149 cm³/mol. The van der Waals surface area contributed by atoms with Crippen molar-refractivity contribution < 1.29 is 9.13 Å². The van der Waals surface area contributed by atoms with Crippen LogP contribution in [0, 0.1) is 17.2 Å². The summed E-state index contributed by atoms with van der Waals surface area (Å²) in [7, 11) is 0. The Bertz CT molecular complexity index is 1530. The van der Waals surface area contributed by atoms with E-state index in [4.69, 9.17) is 4.74 Å². The number of nitrogens with one attached hydrogen (secondary N) is 1. The van der Waals surface area contributed by atoms with Crippen LogP contribution in [0.25, 0.3) is 17.0 Å². The maximum atomic E-state index is 16.4. The Labute approximate surface area is 228 Å². The number of nitrogens with zero attached hydrogens (tertiary/aromatic N) is 4. The fourth-order valence-electron chi connectivity index (χ4n) is 5.71. The number of hydrogen-bond donors (Lipinski definition) is 1. The standard InChI is InChI=1S/C32H30FN5O/c1-21-6-8-27-28-15-23(16-34)7-9-29(28)32(2,33)30(27)38(21)19-24-4-3-5-25(14-24)31-36-17-26(18-37-31)39-20-22-10-12-35-13-11-22/h3-9,14-15,17-18,22,35H,1,10-13,19-20H2,2H3. The second-order valence-corrected chi connectivity index (χ2v) is 10.5. The van der Waals surface area contributed by atoms with Crippen molar-refractivity contribution in [2.45, 2.75) is 32.0 Å². The monoisotopic (exact) mass is 519 g/mol. The van der Waals surface area contributed by atoms with Crippen LogP contribution in [-0.2, 0) is 12.2 Å². The van der Waals surface area contributed by atoms with Crippen molar-refractivity contribution >= 4 is 5.57 Å². The van der Waals surface area contributed by atoms with Gasteiger partial charge in [0.25, 0.3) is 0 Å². The summed E-state index contributed by atoms with van der Waals surface area (Å²) in [5.41, 5.74) is 4.04. The molecular weight excluding hydrogens is 489 g/mol. The average Bonchev–Trinajstić information content (AvgIpc) is 3.20. The number of nitriles is 1. The summed E-state index contributed by atoms with van der Waals surface area (Å²) < 4.78 is 22.3. The number of hydrogen-bond acceptors (Lipinski definition) is 6. The van der Waals surface area contributed by atoms with Crippen molar-refractivity contribution in [3.8, 4) is 23.2 Å². The molecule has 0 spiro atoms.